The number of ether oxygens (including phenoxy) is 1. The molecule has 3 aromatic rings. The largest absolute Gasteiger partial charge is 0.459 e. The number of rotatable bonds is 8. The molecule has 35 heavy (non-hydrogen) atoms. The van der Waals surface area contributed by atoms with E-state index in [2.05, 4.69) is 5.10 Å². The molecule has 0 N–H and O–H groups in total. The van der Waals surface area contributed by atoms with Crippen LogP contribution in [-0.2, 0) is 9.53 Å². The Morgan fingerprint density at radius 3 is 2.31 bits per heavy atom. The van der Waals surface area contributed by atoms with Gasteiger partial charge in [0.15, 0.2) is 5.65 Å². The average Bonchev–Trinajstić information content (AvgIpc) is 3.19. The molecule has 0 aliphatic rings. The number of aryl methyl sites for hydroxylation is 1. The third-order valence-electron chi connectivity index (χ3n) is 5.48. The molecule has 188 valence electrons. The molecule has 0 saturated heterocycles. The van der Waals surface area contributed by atoms with Gasteiger partial charge in [0, 0.05) is 24.7 Å². The first-order chi connectivity index (χ1) is 16.4. The summed E-state index contributed by atoms with van der Waals surface area (Å²) in [7, 11) is 3.87. The molecular formula is C27H37N5O3. The fourth-order valence-electron chi connectivity index (χ4n) is 3.72. The lowest BCUT2D eigenvalue weighted by Gasteiger charge is -2.26. The maximum atomic E-state index is 13.9. The van der Waals surface area contributed by atoms with Crippen LogP contribution in [0.2, 0.25) is 0 Å². The standard InChI is InChI=1S/C27H37N5O3/c1-18(2)32-25-22(16-28-32)21(15-23(29-25)20-11-9-19(3)10-12-20)26(34)31(14-13-30(7)8)17-24(33)35-27(4,5)6/h9-12,15-16,18H,13-14,17H2,1-8H3. The van der Waals surface area contributed by atoms with E-state index in [4.69, 9.17) is 9.72 Å². The van der Waals surface area contributed by atoms with Gasteiger partial charge in [0.2, 0.25) is 0 Å². The van der Waals surface area contributed by atoms with Crippen molar-refractivity contribution in [1.29, 1.82) is 0 Å². The van der Waals surface area contributed by atoms with Gasteiger partial charge in [-0.15, -0.1) is 0 Å². The molecule has 0 aliphatic heterocycles. The first-order valence-corrected chi connectivity index (χ1v) is 12.0. The molecule has 2 heterocycles. The normalized spacial score (nSPS) is 11.9. The first-order valence-electron chi connectivity index (χ1n) is 12.0. The average molecular weight is 480 g/mol. The Labute approximate surface area is 207 Å². The molecule has 3 rings (SSSR count). The summed E-state index contributed by atoms with van der Waals surface area (Å²) in [6, 6.07) is 9.92. The Morgan fingerprint density at radius 1 is 1.09 bits per heavy atom. The van der Waals surface area contributed by atoms with Crippen molar-refractivity contribution >= 4 is 22.9 Å². The highest BCUT2D eigenvalue weighted by Gasteiger charge is 2.26. The minimum absolute atomic E-state index is 0.0721. The quantitative estimate of drug-likeness (QED) is 0.447. The van der Waals surface area contributed by atoms with Gasteiger partial charge in [-0.2, -0.15) is 5.10 Å². The second-order valence-electron chi connectivity index (χ2n) is 10.5. The fourth-order valence-corrected chi connectivity index (χ4v) is 3.72. The number of fused-ring (bicyclic) bond motifs is 1. The van der Waals surface area contributed by atoms with E-state index in [9.17, 15) is 9.59 Å². The zero-order valence-electron chi connectivity index (χ0n) is 22.1. The van der Waals surface area contributed by atoms with Crippen LogP contribution in [-0.4, -0.2) is 75.8 Å². The number of amides is 1. The molecule has 1 amide bonds. The van der Waals surface area contributed by atoms with Gasteiger partial charge in [0.25, 0.3) is 5.91 Å². The zero-order chi connectivity index (χ0) is 25.9. The van der Waals surface area contributed by atoms with Crippen molar-refractivity contribution < 1.29 is 14.3 Å². The van der Waals surface area contributed by atoms with Gasteiger partial charge in [-0.1, -0.05) is 29.8 Å². The number of esters is 1. The molecule has 8 heteroatoms. The number of carbonyl (C=O) groups excluding carboxylic acids is 2. The Bertz CT molecular complexity index is 1190. The van der Waals surface area contributed by atoms with Crippen LogP contribution in [0.3, 0.4) is 0 Å². The lowest BCUT2D eigenvalue weighted by atomic mass is 10.0. The number of benzene rings is 1. The van der Waals surface area contributed by atoms with E-state index in [0.717, 1.165) is 11.1 Å². The summed E-state index contributed by atoms with van der Waals surface area (Å²) in [5.41, 5.74) is 3.23. The predicted octanol–water partition coefficient (Wildman–Crippen LogP) is 4.33. The summed E-state index contributed by atoms with van der Waals surface area (Å²) in [4.78, 5) is 35.0. The van der Waals surface area contributed by atoms with Gasteiger partial charge in [-0.3, -0.25) is 9.59 Å². The van der Waals surface area contributed by atoms with Gasteiger partial charge in [0.1, 0.15) is 12.1 Å². The van der Waals surface area contributed by atoms with Crippen molar-refractivity contribution in [3.8, 4) is 11.3 Å². The molecule has 0 unspecified atom stereocenters. The van der Waals surface area contributed by atoms with Crippen LogP contribution in [0.25, 0.3) is 22.3 Å². The van der Waals surface area contributed by atoms with Crippen molar-refractivity contribution in [1.82, 2.24) is 24.6 Å². The van der Waals surface area contributed by atoms with E-state index in [1.165, 1.54) is 0 Å². The smallest absolute Gasteiger partial charge is 0.326 e. The second kappa shape index (κ2) is 10.6. The number of nitrogens with zero attached hydrogens (tertiary/aromatic N) is 5. The van der Waals surface area contributed by atoms with Crippen molar-refractivity contribution in [3.63, 3.8) is 0 Å². The lowest BCUT2D eigenvalue weighted by molar-refractivity contribution is -0.155. The van der Waals surface area contributed by atoms with E-state index in [0.29, 0.717) is 35.4 Å². The molecule has 0 atom stereocenters. The minimum atomic E-state index is -0.631. The molecule has 0 saturated carbocycles. The minimum Gasteiger partial charge on any atom is -0.459 e. The zero-order valence-corrected chi connectivity index (χ0v) is 22.1. The molecule has 8 nitrogen and oxygen atoms in total. The van der Waals surface area contributed by atoms with Crippen molar-refractivity contribution in [2.75, 3.05) is 33.7 Å². The van der Waals surface area contributed by atoms with Crippen LogP contribution in [0, 0.1) is 6.92 Å². The summed E-state index contributed by atoms with van der Waals surface area (Å²) in [6.45, 7) is 12.4. The van der Waals surface area contributed by atoms with Gasteiger partial charge in [-0.05, 0) is 61.7 Å². The summed E-state index contributed by atoms with van der Waals surface area (Å²) in [5, 5.41) is 5.18. The van der Waals surface area contributed by atoms with Crippen LogP contribution < -0.4 is 0 Å². The highest BCUT2D eigenvalue weighted by molar-refractivity contribution is 6.07. The number of hydrogen-bond acceptors (Lipinski definition) is 6. The molecule has 1 aromatic carbocycles. The highest BCUT2D eigenvalue weighted by Crippen LogP contribution is 2.27. The number of carbonyl (C=O) groups is 2. The Hall–Kier alpha value is -3.26. The van der Waals surface area contributed by atoms with Gasteiger partial charge in [0.05, 0.1) is 22.8 Å². The van der Waals surface area contributed by atoms with Gasteiger partial charge >= 0.3 is 5.97 Å². The van der Waals surface area contributed by atoms with E-state index < -0.39 is 11.6 Å². The fraction of sp³-hybridized carbons (Fsp3) is 0.481. The number of likely N-dealkylation sites (N-methyl/N-ethyl adjacent to an activating group) is 1. The number of hydrogen-bond donors (Lipinski definition) is 0. The Morgan fingerprint density at radius 2 is 1.74 bits per heavy atom. The topological polar surface area (TPSA) is 80.6 Å². The third kappa shape index (κ3) is 6.66. The van der Waals surface area contributed by atoms with Crippen LogP contribution in [0.5, 0.6) is 0 Å². The monoisotopic (exact) mass is 479 g/mol. The Balaban J connectivity index is 2.09. The van der Waals surface area contributed by atoms with Gasteiger partial charge < -0.3 is 14.5 Å². The van der Waals surface area contributed by atoms with E-state index in [1.54, 1.807) is 17.2 Å². The van der Waals surface area contributed by atoms with E-state index in [-0.39, 0.29) is 18.5 Å². The highest BCUT2D eigenvalue weighted by atomic mass is 16.6. The Kier molecular flexibility index (Phi) is 7.95. The van der Waals surface area contributed by atoms with Crippen LogP contribution in [0.15, 0.2) is 36.5 Å². The molecule has 0 fully saturated rings. The van der Waals surface area contributed by atoms with Gasteiger partial charge in [-0.25, -0.2) is 9.67 Å². The van der Waals surface area contributed by atoms with E-state index in [1.807, 2.05) is 89.5 Å². The second-order valence-corrected chi connectivity index (χ2v) is 10.5. The molecule has 0 spiro atoms. The first kappa shape index (κ1) is 26.3. The maximum absolute atomic E-state index is 13.9. The summed E-state index contributed by atoms with van der Waals surface area (Å²) < 4.78 is 7.33. The number of pyridine rings is 1. The molecule has 0 radical (unpaired) electrons. The maximum Gasteiger partial charge on any atom is 0.326 e. The van der Waals surface area contributed by atoms with Crippen molar-refractivity contribution in [2.45, 2.75) is 53.2 Å². The van der Waals surface area contributed by atoms with Crippen molar-refractivity contribution in [2.24, 2.45) is 0 Å². The summed E-state index contributed by atoms with van der Waals surface area (Å²) >= 11 is 0. The summed E-state index contributed by atoms with van der Waals surface area (Å²) in [6.07, 6.45) is 1.69. The SMILES string of the molecule is Cc1ccc(-c2cc(C(=O)N(CCN(C)C)CC(=O)OC(C)(C)C)c3cnn(C(C)C)c3n2)cc1. The number of aromatic nitrogens is 3. The van der Waals surface area contributed by atoms with Crippen LogP contribution >= 0.6 is 0 Å². The molecule has 2 aromatic heterocycles. The third-order valence-corrected chi connectivity index (χ3v) is 5.48. The van der Waals surface area contributed by atoms with Crippen LogP contribution in [0.1, 0.15) is 56.6 Å². The lowest BCUT2D eigenvalue weighted by Crippen LogP contribution is -2.42. The summed E-state index contributed by atoms with van der Waals surface area (Å²) in [5.74, 6) is -0.687. The van der Waals surface area contributed by atoms with E-state index >= 15 is 0 Å². The molecule has 0 aliphatic carbocycles. The molecular weight excluding hydrogens is 442 g/mol. The van der Waals surface area contributed by atoms with Crippen LogP contribution in [0.4, 0.5) is 0 Å². The predicted molar refractivity (Wildman–Crippen MR) is 138 cm³/mol. The van der Waals surface area contributed by atoms with Crippen molar-refractivity contribution in [3.05, 3.63) is 47.7 Å². The molecule has 0 bridgehead atoms.